The van der Waals surface area contributed by atoms with Crippen LogP contribution in [0.1, 0.15) is 52.7 Å². The van der Waals surface area contributed by atoms with E-state index in [9.17, 15) is 4.79 Å². The van der Waals surface area contributed by atoms with E-state index in [0.717, 1.165) is 30.6 Å². The molecule has 0 fully saturated rings. The van der Waals surface area contributed by atoms with E-state index in [-0.39, 0.29) is 42.0 Å². The summed E-state index contributed by atoms with van der Waals surface area (Å²) < 4.78 is 7.32. The molecule has 0 spiro atoms. The zero-order valence-corrected chi connectivity index (χ0v) is 21.6. The molecule has 2 N–H and O–H groups in total. The Kier molecular flexibility index (Phi) is 11.5. The third-order valence-electron chi connectivity index (χ3n) is 4.44. The number of aryl methyl sites for hydroxylation is 1. The van der Waals surface area contributed by atoms with Gasteiger partial charge in [0.1, 0.15) is 11.4 Å². The van der Waals surface area contributed by atoms with Gasteiger partial charge in [-0.2, -0.15) is 0 Å². The van der Waals surface area contributed by atoms with Crippen LogP contribution in [0, 0.1) is 12.8 Å². The van der Waals surface area contributed by atoms with E-state index < -0.39 is 5.60 Å². The molecular weight excluding hydrogens is 485 g/mol. The molecule has 1 aromatic rings. The van der Waals surface area contributed by atoms with Crippen LogP contribution < -0.4 is 10.6 Å². The fourth-order valence-electron chi connectivity index (χ4n) is 2.62. The smallest absolute Gasteiger partial charge is 0.407 e. The molecule has 1 atom stereocenters. The summed E-state index contributed by atoms with van der Waals surface area (Å²) in [6.07, 6.45) is 0.394. The molecule has 1 aromatic heterocycles. The van der Waals surface area contributed by atoms with Crippen molar-refractivity contribution in [1.29, 1.82) is 0 Å². The zero-order chi connectivity index (χ0) is 21.5. The highest BCUT2D eigenvalue weighted by atomic mass is 127. The van der Waals surface area contributed by atoms with E-state index in [1.54, 1.807) is 7.05 Å². The first kappa shape index (κ1) is 27.4. The monoisotopic (exact) mass is 523 g/mol. The summed E-state index contributed by atoms with van der Waals surface area (Å²) in [5.41, 5.74) is -0.507. The van der Waals surface area contributed by atoms with Gasteiger partial charge in [0.15, 0.2) is 11.8 Å². The molecule has 0 aromatic carbocycles. The third-order valence-corrected chi connectivity index (χ3v) is 4.44. The number of aliphatic imine (C=N–C) groups is 1. The molecule has 0 aliphatic rings. The molecular formula is C19H38IN7O2. The molecule has 0 saturated heterocycles. The van der Waals surface area contributed by atoms with Gasteiger partial charge in [-0.3, -0.25) is 4.99 Å². The van der Waals surface area contributed by atoms with E-state index in [0.29, 0.717) is 6.54 Å². The fraction of sp³-hybridized carbons (Fsp3) is 0.789. The van der Waals surface area contributed by atoms with Crippen molar-refractivity contribution in [3.05, 3.63) is 11.6 Å². The van der Waals surface area contributed by atoms with Crippen molar-refractivity contribution in [2.45, 2.75) is 66.2 Å². The van der Waals surface area contributed by atoms with Crippen molar-refractivity contribution in [3.8, 4) is 0 Å². The second kappa shape index (κ2) is 12.2. The number of aromatic nitrogens is 3. The molecule has 0 saturated carbocycles. The molecule has 1 rings (SSSR count). The minimum absolute atomic E-state index is 0. The lowest BCUT2D eigenvalue weighted by molar-refractivity contribution is 0.0486. The van der Waals surface area contributed by atoms with Gasteiger partial charge in [0.05, 0.1) is 6.54 Å². The number of nitrogens with zero attached hydrogens (tertiary/aromatic N) is 5. The molecule has 0 radical (unpaired) electrons. The van der Waals surface area contributed by atoms with E-state index in [1.165, 1.54) is 0 Å². The lowest BCUT2D eigenvalue weighted by Crippen LogP contribution is -2.45. The Balaban J connectivity index is 0.00000784. The summed E-state index contributed by atoms with van der Waals surface area (Å²) in [7, 11) is 5.66. The van der Waals surface area contributed by atoms with Gasteiger partial charge in [0.25, 0.3) is 0 Å². The highest BCUT2D eigenvalue weighted by molar-refractivity contribution is 14.0. The number of carbonyl (C=O) groups excluding carboxylic acids is 1. The molecule has 1 amide bonds. The Morgan fingerprint density at radius 3 is 2.38 bits per heavy atom. The largest absolute Gasteiger partial charge is 0.444 e. The van der Waals surface area contributed by atoms with Gasteiger partial charge >= 0.3 is 6.09 Å². The highest BCUT2D eigenvalue weighted by Crippen LogP contribution is 2.11. The molecule has 0 aliphatic heterocycles. The molecule has 29 heavy (non-hydrogen) atoms. The molecule has 0 aliphatic carbocycles. The minimum Gasteiger partial charge on any atom is -0.444 e. The fourth-order valence-corrected chi connectivity index (χ4v) is 2.62. The van der Waals surface area contributed by atoms with Crippen molar-refractivity contribution in [3.63, 3.8) is 0 Å². The normalized spacial score (nSPS) is 13.0. The van der Waals surface area contributed by atoms with Crippen LogP contribution >= 0.6 is 24.0 Å². The number of carbonyl (C=O) groups is 1. The van der Waals surface area contributed by atoms with Crippen molar-refractivity contribution in [2.75, 3.05) is 20.6 Å². The predicted octanol–water partition coefficient (Wildman–Crippen LogP) is 2.69. The molecule has 1 heterocycles. The quantitative estimate of drug-likeness (QED) is 0.324. The maximum absolute atomic E-state index is 12.1. The molecule has 0 bridgehead atoms. The Labute approximate surface area is 192 Å². The van der Waals surface area contributed by atoms with Crippen LogP contribution in [0.5, 0.6) is 0 Å². The Morgan fingerprint density at radius 1 is 1.31 bits per heavy atom. The number of ether oxygens (including phenoxy) is 1. The van der Waals surface area contributed by atoms with Crippen LogP contribution in [-0.4, -0.2) is 64.0 Å². The summed E-state index contributed by atoms with van der Waals surface area (Å²) in [6.45, 7) is 12.9. The van der Waals surface area contributed by atoms with Crippen LogP contribution in [0.4, 0.5) is 4.79 Å². The molecule has 10 heteroatoms. The Morgan fingerprint density at radius 2 is 1.93 bits per heavy atom. The second-order valence-corrected chi connectivity index (χ2v) is 8.33. The number of guanidine groups is 1. The Bertz CT molecular complexity index is 668. The van der Waals surface area contributed by atoms with Gasteiger partial charge in [-0.1, -0.05) is 13.8 Å². The van der Waals surface area contributed by atoms with Crippen LogP contribution in [0.3, 0.4) is 0 Å². The zero-order valence-electron chi connectivity index (χ0n) is 19.2. The van der Waals surface area contributed by atoms with Crippen molar-refractivity contribution in [1.82, 2.24) is 30.3 Å². The van der Waals surface area contributed by atoms with Gasteiger partial charge in [-0.05, 0) is 40.0 Å². The maximum atomic E-state index is 12.1. The summed E-state index contributed by atoms with van der Waals surface area (Å²) in [4.78, 5) is 18.5. The molecule has 1 unspecified atom stereocenters. The van der Waals surface area contributed by atoms with E-state index in [2.05, 4.69) is 39.7 Å². The van der Waals surface area contributed by atoms with Crippen LogP contribution in [0.15, 0.2) is 4.99 Å². The van der Waals surface area contributed by atoms with E-state index >= 15 is 0 Å². The van der Waals surface area contributed by atoms with Crippen molar-refractivity contribution in [2.24, 2.45) is 18.0 Å². The van der Waals surface area contributed by atoms with Crippen LogP contribution in [0.2, 0.25) is 0 Å². The van der Waals surface area contributed by atoms with Crippen LogP contribution in [-0.2, 0) is 18.3 Å². The number of hydrogen-bond donors (Lipinski definition) is 2. The SMILES string of the molecule is CN=C(NCc1nnc(C)n1C)N(C)CCC(NC(=O)OC(C)(C)C)C(C)C.I. The maximum Gasteiger partial charge on any atom is 0.407 e. The lowest BCUT2D eigenvalue weighted by atomic mass is 10.0. The van der Waals surface area contributed by atoms with Crippen molar-refractivity contribution < 1.29 is 9.53 Å². The molecule has 9 nitrogen and oxygen atoms in total. The predicted molar refractivity (Wildman–Crippen MR) is 127 cm³/mol. The van der Waals surface area contributed by atoms with Crippen LogP contribution in [0.25, 0.3) is 0 Å². The lowest BCUT2D eigenvalue weighted by Gasteiger charge is -2.28. The first-order valence-electron chi connectivity index (χ1n) is 9.70. The third kappa shape index (κ3) is 9.64. The summed E-state index contributed by atoms with van der Waals surface area (Å²) in [5, 5.41) is 14.5. The summed E-state index contributed by atoms with van der Waals surface area (Å²) >= 11 is 0. The number of alkyl carbamates (subject to hydrolysis) is 1. The number of rotatable bonds is 7. The van der Waals surface area contributed by atoms with Gasteiger partial charge in [0, 0.05) is 33.7 Å². The first-order valence-corrected chi connectivity index (χ1v) is 9.70. The van der Waals surface area contributed by atoms with E-state index in [1.807, 2.05) is 51.3 Å². The second-order valence-electron chi connectivity index (χ2n) is 8.33. The van der Waals surface area contributed by atoms with Gasteiger partial charge in [-0.15, -0.1) is 34.2 Å². The average Bonchev–Trinajstić information content (AvgIpc) is 2.89. The van der Waals surface area contributed by atoms with Crippen molar-refractivity contribution >= 4 is 36.0 Å². The number of halogens is 1. The number of hydrogen-bond acceptors (Lipinski definition) is 5. The molecule has 168 valence electrons. The highest BCUT2D eigenvalue weighted by Gasteiger charge is 2.22. The minimum atomic E-state index is -0.507. The first-order chi connectivity index (χ1) is 12.9. The number of amides is 1. The Hall–Kier alpha value is -1.59. The van der Waals surface area contributed by atoms with Gasteiger partial charge in [0.2, 0.25) is 0 Å². The van der Waals surface area contributed by atoms with Gasteiger partial charge in [-0.25, -0.2) is 4.79 Å². The topological polar surface area (TPSA) is 96.7 Å². The summed E-state index contributed by atoms with van der Waals surface area (Å²) in [6, 6.07) is 0.0109. The number of nitrogens with one attached hydrogen (secondary N) is 2. The summed E-state index contributed by atoms with van der Waals surface area (Å²) in [5.74, 6) is 2.77. The standard InChI is InChI=1S/C19H37N7O2.HI/c1-13(2)15(22-18(27)28-19(4,5)6)10-11-25(8)17(20-7)21-12-16-24-23-14(3)26(16)9;/h13,15H,10-12H2,1-9H3,(H,20,21)(H,22,27);1H. The average molecular weight is 523 g/mol. The van der Waals surface area contributed by atoms with E-state index in [4.69, 9.17) is 4.74 Å². The van der Waals surface area contributed by atoms with Gasteiger partial charge < -0.3 is 24.8 Å².